The maximum atomic E-state index is 12.4. The lowest BCUT2D eigenvalue weighted by molar-refractivity contribution is -0.116. The third kappa shape index (κ3) is 5.38. The molecule has 164 valence electrons. The Bertz CT molecular complexity index is 1080. The van der Waals surface area contributed by atoms with Crippen molar-refractivity contribution in [1.82, 2.24) is 5.32 Å². The van der Waals surface area contributed by atoms with Crippen LogP contribution in [0.5, 0.6) is 5.75 Å². The van der Waals surface area contributed by atoms with Crippen LogP contribution in [0, 0.1) is 6.92 Å². The fraction of sp³-hybridized carbons (Fsp3) is 0.320. The SMILES string of the molecule is CCOCCCNC(=O)/C=C(\C)c1cc2c(-c3ccc(Br)cc3)coc2c(C)c1OC. The number of benzene rings is 2. The lowest BCUT2D eigenvalue weighted by Gasteiger charge is -2.13. The van der Waals surface area contributed by atoms with E-state index in [1.165, 1.54) is 0 Å². The highest BCUT2D eigenvalue weighted by Gasteiger charge is 2.18. The Morgan fingerprint density at radius 1 is 1.26 bits per heavy atom. The standard InChI is InChI=1S/C25H28BrNO4/c1-5-30-12-6-11-27-23(28)13-16(2)20-14-21-22(18-7-9-19(26)10-8-18)15-31-25(21)17(3)24(20)29-4/h7-10,13-15H,5-6,11-12H2,1-4H3,(H,27,28)/b16-13+. The lowest BCUT2D eigenvalue weighted by Crippen LogP contribution is -2.23. The summed E-state index contributed by atoms with van der Waals surface area (Å²) in [5, 5.41) is 3.90. The monoisotopic (exact) mass is 485 g/mol. The summed E-state index contributed by atoms with van der Waals surface area (Å²) in [6.45, 7) is 7.75. The van der Waals surface area contributed by atoms with Gasteiger partial charge in [0.2, 0.25) is 5.91 Å². The van der Waals surface area contributed by atoms with E-state index in [0.29, 0.717) is 25.5 Å². The number of rotatable bonds is 9. The molecule has 0 unspecified atom stereocenters. The van der Waals surface area contributed by atoms with Crippen LogP contribution < -0.4 is 10.1 Å². The molecule has 0 atom stereocenters. The minimum absolute atomic E-state index is 0.130. The van der Waals surface area contributed by atoms with E-state index < -0.39 is 0 Å². The number of fused-ring (bicyclic) bond motifs is 1. The van der Waals surface area contributed by atoms with E-state index in [4.69, 9.17) is 13.9 Å². The molecule has 3 rings (SSSR count). The predicted molar refractivity (Wildman–Crippen MR) is 128 cm³/mol. The molecule has 0 aliphatic carbocycles. The molecule has 0 saturated heterocycles. The molecule has 5 nitrogen and oxygen atoms in total. The Kier molecular flexibility index (Phi) is 7.93. The molecule has 6 heteroatoms. The number of amides is 1. The molecule has 0 radical (unpaired) electrons. The van der Waals surface area contributed by atoms with Gasteiger partial charge in [0.05, 0.1) is 13.4 Å². The quantitative estimate of drug-likeness (QED) is 0.292. The summed E-state index contributed by atoms with van der Waals surface area (Å²) in [5.41, 5.74) is 5.45. The fourth-order valence-corrected chi connectivity index (χ4v) is 3.84. The second kappa shape index (κ2) is 10.6. The van der Waals surface area contributed by atoms with Crippen LogP contribution in [-0.4, -0.2) is 32.8 Å². The van der Waals surface area contributed by atoms with Crippen LogP contribution >= 0.6 is 15.9 Å². The molecule has 0 aliphatic rings. The second-order valence-electron chi connectivity index (χ2n) is 7.28. The largest absolute Gasteiger partial charge is 0.496 e. The number of nitrogens with one attached hydrogen (secondary N) is 1. The van der Waals surface area contributed by atoms with Crippen LogP contribution in [0.15, 0.2) is 51.6 Å². The van der Waals surface area contributed by atoms with Gasteiger partial charge >= 0.3 is 0 Å². The van der Waals surface area contributed by atoms with E-state index in [-0.39, 0.29) is 5.91 Å². The van der Waals surface area contributed by atoms with E-state index in [2.05, 4.69) is 21.2 Å². The van der Waals surface area contributed by atoms with Crippen LogP contribution in [0.25, 0.3) is 27.7 Å². The number of halogens is 1. The summed E-state index contributed by atoms with van der Waals surface area (Å²) in [7, 11) is 1.64. The zero-order valence-electron chi connectivity index (χ0n) is 18.4. The van der Waals surface area contributed by atoms with Crippen molar-refractivity contribution in [2.45, 2.75) is 27.2 Å². The van der Waals surface area contributed by atoms with Crippen molar-refractivity contribution in [3.8, 4) is 16.9 Å². The van der Waals surface area contributed by atoms with Crippen molar-refractivity contribution in [2.24, 2.45) is 0 Å². The van der Waals surface area contributed by atoms with Crippen LogP contribution in [0.2, 0.25) is 0 Å². The van der Waals surface area contributed by atoms with E-state index in [1.807, 2.05) is 51.1 Å². The molecule has 31 heavy (non-hydrogen) atoms. The number of allylic oxidation sites excluding steroid dienone is 1. The van der Waals surface area contributed by atoms with Gasteiger partial charge in [-0.05, 0) is 56.5 Å². The summed E-state index contributed by atoms with van der Waals surface area (Å²) >= 11 is 3.48. The van der Waals surface area contributed by atoms with Crippen molar-refractivity contribution in [3.05, 3.63) is 58.3 Å². The average molecular weight is 486 g/mol. The Morgan fingerprint density at radius 2 is 2.00 bits per heavy atom. The highest BCUT2D eigenvalue weighted by molar-refractivity contribution is 9.10. The topological polar surface area (TPSA) is 60.7 Å². The molecule has 0 saturated carbocycles. The van der Waals surface area contributed by atoms with Gasteiger partial charge in [0.15, 0.2) is 0 Å². The molecular weight excluding hydrogens is 458 g/mol. The van der Waals surface area contributed by atoms with Gasteiger partial charge < -0.3 is 19.2 Å². The van der Waals surface area contributed by atoms with Gasteiger partial charge in [-0.3, -0.25) is 4.79 Å². The maximum absolute atomic E-state index is 12.4. The molecule has 1 N–H and O–H groups in total. The smallest absolute Gasteiger partial charge is 0.244 e. The Balaban J connectivity index is 1.94. The third-order valence-electron chi connectivity index (χ3n) is 5.14. The van der Waals surface area contributed by atoms with Crippen molar-refractivity contribution < 1.29 is 18.7 Å². The number of hydrogen-bond donors (Lipinski definition) is 1. The zero-order valence-corrected chi connectivity index (χ0v) is 20.0. The number of hydrogen-bond acceptors (Lipinski definition) is 4. The van der Waals surface area contributed by atoms with Crippen LogP contribution in [0.1, 0.15) is 31.4 Å². The first-order valence-corrected chi connectivity index (χ1v) is 11.1. The van der Waals surface area contributed by atoms with E-state index in [1.54, 1.807) is 19.4 Å². The number of ether oxygens (including phenoxy) is 2. The fourth-order valence-electron chi connectivity index (χ4n) is 3.58. The van der Waals surface area contributed by atoms with Gasteiger partial charge in [-0.25, -0.2) is 0 Å². The zero-order chi connectivity index (χ0) is 22.4. The van der Waals surface area contributed by atoms with Crippen molar-refractivity contribution >= 4 is 38.4 Å². The second-order valence-corrected chi connectivity index (χ2v) is 8.20. The van der Waals surface area contributed by atoms with Gasteiger partial charge in [0.25, 0.3) is 0 Å². The third-order valence-corrected chi connectivity index (χ3v) is 5.67. The van der Waals surface area contributed by atoms with Gasteiger partial charge in [-0.1, -0.05) is 28.1 Å². The van der Waals surface area contributed by atoms with Gasteiger partial charge in [-0.2, -0.15) is 0 Å². The Labute approximate surface area is 191 Å². The van der Waals surface area contributed by atoms with Crippen molar-refractivity contribution in [2.75, 3.05) is 26.9 Å². The van der Waals surface area contributed by atoms with Gasteiger partial charge in [-0.15, -0.1) is 0 Å². The Hall–Kier alpha value is -2.57. The molecule has 0 aliphatic heterocycles. The van der Waals surface area contributed by atoms with Crippen molar-refractivity contribution in [1.29, 1.82) is 0 Å². The summed E-state index contributed by atoms with van der Waals surface area (Å²) in [4.78, 5) is 12.4. The highest BCUT2D eigenvalue weighted by atomic mass is 79.9. The molecule has 1 amide bonds. The minimum Gasteiger partial charge on any atom is -0.496 e. The first kappa shape index (κ1) is 23.1. The first-order valence-electron chi connectivity index (χ1n) is 10.3. The van der Waals surface area contributed by atoms with Crippen LogP contribution in [-0.2, 0) is 9.53 Å². The van der Waals surface area contributed by atoms with Gasteiger partial charge in [0.1, 0.15) is 11.3 Å². The van der Waals surface area contributed by atoms with Crippen LogP contribution in [0.3, 0.4) is 0 Å². The van der Waals surface area contributed by atoms with Gasteiger partial charge in [0, 0.05) is 52.4 Å². The predicted octanol–water partition coefficient (Wildman–Crippen LogP) is 6.13. The number of carbonyl (C=O) groups is 1. The molecule has 1 heterocycles. The Morgan fingerprint density at radius 3 is 2.68 bits per heavy atom. The minimum atomic E-state index is -0.130. The van der Waals surface area contributed by atoms with Crippen LogP contribution in [0.4, 0.5) is 0 Å². The normalized spacial score (nSPS) is 11.7. The van der Waals surface area contributed by atoms with E-state index in [9.17, 15) is 4.79 Å². The summed E-state index contributed by atoms with van der Waals surface area (Å²) in [6.07, 6.45) is 4.17. The average Bonchev–Trinajstić information content (AvgIpc) is 3.18. The highest BCUT2D eigenvalue weighted by Crippen LogP contribution is 2.40. The summed E-state index contributed by atoms with van der Waals surface area (Å²) in [6, 6.07) is 10.1. The molecule has 2 aromatic carbocycles. The molecular formula is C25H28BrNO4. The molecule has 1 aromatic heterocycles. The number of aryl methyl sites for hydroxylation is 1. The molecule has 0 bridgehead atoms. The maximum Gasteiger partial charge on any atom is 0.244 e. The summed E-state index contributed by atoms with van der Waals surface area (Å²) < 4.78 is 17.9. The number of methoxy groups -OCH3 is 1. The summed E-state index contributed by atoms with van der Waals surface area (Å²) in [5.74, 6) is 0.580. The van der Waals surface area contributed by atoms with E-state index in [0.717, 1.165) is 49.7 Å². The number of carbonyl (C=O) groups excluding carboxylic acids is 1. The van der Waals surface area contributed by atoms with E-state index >= 15 is 0 Å². The van der Waals surface area contributed by atoms with Crippen molar-refractivity contribution in [3.63, 3.8) is 0 Å². The molecule has 0 fully saturated rings. The molecule has 0 spiro atoms. The molecule has 3 aromatic rings. The lowest BCUT2D eigenvalue weighted by atomic mass is 9.96. The number of furan rings is 1. The first-order chi connectivity index (χ1) is 15.0.